The van der Waals surface area contributed by atoms with Crippen LogP contribution < -0.4 is 42.0 Å². The molecule has 0 saturated heterocycles. The van der Waals surface area contributed by atoms with Crippen molar-refractivity contribution in [1.29, 1.82) is 0 Å². The smallest absolute Gasteiger partial charge is 0.247 e. The minimum atomic E-state index is -2.85. The van der Waals surface area contributed by atoms with E-state index >= 15 is 0 Å². The Morgan fingerprint density at radius 3 is 1.90 bits per heavy atom. The van der Waals surface area contributed by atoms with Gasteiger partial charge in [0.2, 0.25) is 6.71 Å². The average molecular weight is 631 g/mol. The molecule has 0 radical (unpaired) electrons. The van der Waals surface area contributed by atoms with Gasteiger partial charge in [0.05, 0.1) is 0 Å². The second-order valence-electron chi connectivity index (χ2n) is 13.3. The maximum Gasteiger partial charge on any atom is 0.247 e. The van der Waals surface area contributed by atoms with Crippen LogP contribution in [0.15, 0.2) is 158 Å². The summed E-state index contributed by atoms with van der Waals surface area (Å²) in [5.41, 5.74) is 14.4. The number of aryl methyl sites for hydroxylation is 3. The van der Waals surface area contributed by atoms with E-state index in [1.165, 1.54) is 76.5 Å². The fourth-order valence-corrected chi connectivity index (χ4v) is 14.0. The first kappa shape index (κ1) is 28.7. The third kappa shape index (κ3) is 4.09. The van der Waals surface area contributed by atoms with Gasteiger partial charge in [-0.1, -0.05) is 150 Å². The lowest BCUT2D eigenvalue weighted by molar-refractivity contribution is 1.29. The number of hydrogen-bond donors (Lipinski definition) is 0. The molecule has 4 heteroatoms. The number of rotatable bonds is 4. The lowest BCUT2D eigenvalue weighted by atomic mass is 9.34. The quantitative estimate of drug-likeness (QED) is 0.233. The van der Waals surface area contributed by atoms with Gasteiger partial charge in [-0.05, 0) is 81.8 Å². The lowest BCUT2D eigenvalue weighted by Gasteiger charge is -2.49. The molecule has 0 atom stereocenters. The number of pyridine rings is 1. The highest BCUT2D eigenvalue weighted by Gasteiger charge is 2.52. The summed E-state index contributed by atoms with van der Waals surface area (Å²) in [6.07, 6.45) is 3.84. The maximum atomic E-state index is 4.50. The first-order chi connectivity index (χ1) is 23.6. The Balaban J connectivity index is 1.45. The van der Waals surface area contributed by atoms with Crippen LogP contribution in [0.5, 0.6) is 0 Å². The largest absolute Gasteiger partial charge is 0.312 e. The number of aromatic nitrogens is 1. The zero-order chi connectivity index (χ0) is 32.4. The van der Waals surface area contributed by atoms with Crippen LogP contribution in [-0.2, 0) is 0 Å². The molecule has 6 aromatic carbocycles. The Kier molecular flexibility index (Phi) is 6.63. The third-order valence-electron chi connectivity index (χ3n) is 10.6. The fraction of sp³-hybridized carbons (Fsp3) is 0.0682. The highest BCUT2D eigenvalue weighted by Crippen LogP contribution is 2.40. The first-order valence-electron chi connectivity index (χ1n) is 16.8. The summed E-state index contributed by atoms with van der Waals surface area (Å²) in [6.45, 7) is 6.92. The highest BCUT2D eigenvalue weighted by atomic mass is 28.3. The molecule has 2 aliphatic heterocycles. The summed E-state index contributed by atoms with van der Waals surface area (Å²) in [6, 6.07) is 55.0. The second kappa shape index (κ2) is 11.1. The molecule has 0 N–H and O–H groups in total. The van der Waals surface area contributed by atoms with E-state index in [1.807, 2.05) is 18.5 Å². The van der Waals surface area contributed by atoms with Crippen molar-refractivity contribution in [3.05, 3.63) is 175 Å². The van der Waals surface area contributed by atoms with E-state index in [9.17, 15) is 0 Å². The molecule has 48 heavy (non-hydrogen) atoms. The summed E-state index contributed by atoms with van der Waals surface area (Å²) in [5, 5.41) is 5.64. The van der Waals surface area contributed by atoms with Gasteiger partial charge >= 0.3 is 0 Å². The standard InChI is InChI=1S/C44H35BN2Si/c1-30-26-31(2)43(32(3)27-30)45-37-19-10-11-21-39(37)47-40-24-23-33(34-14-13-25-46-29-34)28-42(40)48(35-15-6-4-7-16-35,36-17-8-5-9-18-36)41-22-12-20-38(45)44(41)47/h4-29H,1-3H3. The van der Waals surface area contributed by atoms with Gasteiger partial charge in [0.15, 0.2) is 8.07 Å². The molecule has 9 rings (SSSR count). The summed E-state index contributed by atoms with van der Waals surface area (Å²) in [5.74, 6) is 0. The monoisotopic (exact) mass is 630 g/mol. The highest BCUT2D eigenvalue weighted by molar-refractivity contribution is 7.22. The van der Waals surface area contributed by atoms with Crippen molar-refractivity contribution in [1.82, 2.24) is 4.98 Å². The molecular formula is C44H35BN2Si. The van der Waals surface area contributed by atoms with Crippen molar-refractivity contribution < 1.29 is 0 Å². The molecule has 2 aliphatic rings. The zero-order valence-corrected chi connectivity index (χ0v) is 28.5. The summed E-state index contributed by atoms with van der Waals surface area (Å²) < 4.78 is 0. The molecule has 0 bridgehead atoms. The van der Waals surface area contributed by atoms with E-state index in [0.717, 1.165) is 5.56 Å². The van der Waals surface area contributed by atoms with E-state index in [-0.39, 0.29) is 6.71 Å². The number of anilines is 3. The van der Waals surface area contributed by atoms with Crippen LogP contribution in [-0.4, -0.2) is 19.8 Å². The third-order valence-corrected chi connectivity index (χ3v) is 15.4. The van der Waals surface area contributed by atoms with Gasteiger partial charge in [-0.25, -0.2) is 0 Å². The number of fused-ring (bicyclic) bond motifs is 4. The Labute approximate surface area is 284 Å². The average Bonchev–Trinajstić information content (AvgIpc) is 3.13. The molecule has 1 aromatic heterocycles. The Bertz CT molecular complexity index is 2270. The van der Waals surface area contributed by atoms with E-state index in [4.69, 9.17) is 0 Å². The van der Waals surface area contributed by atoms with Gasteiger partial charge in [0.25, 0.3) is 0 Å². The number of para-hydroxylation sites is 2. The van der Waals surface area contributed by atoms with Crippen molar-refractivity contribution >= 4 is 69.0 Å². The maximum absolute atomic E-state index is 4.50. The molecule has 0 saturated carbocycles. The van der Waals surface area contributed by atoms with E-state index in [2.05, 4.69) is 170 Å². The van der Waals surface area contributed by atoms with Crippen LogP contribution in [0.3, 0.4) is 0 Å². The first-order valence-corrected chi connectivity index (χ1v) is 18.8. The van der Waals surface area contributed by atoms with Crippen LogP contribution in [0.1, 0.15) is 16.7 Å². The van der Waals surface area contributed by atoms with Crippen molar-refractivity contribution in [2.24, 2.45) is 0 Å². The van der Waals surface area contributed by atoms with Crippen LogP contribution in [0.25, 0.3) is 11.1 Å². The molecule has 0 unspecified atom stereocenters. The van der Waals surface area contributed by atoms with Gasteiger partial charge in [-0.3, -0.25) is 4.98 Å². The van der Waals surface area contributed by atoms with Crippen molar-refractivity contribution in [3.8, 4) is 11.1 Å². The normalized spacial score (nSPS) is 13.8. The molecule has 228 valence electrons. The van der Waals surface area contributed by atoms with Gasteiger partial charge in [-0.2, -0.15) is 0 Å². The van der Waals surface area contributed by atoms with Crippen LogP contribution >= 0.6 is 0 Å². The van der Waals surface area contributed by atoms with Crippen molar-refractivity contribution in [2.45, 2.75) is 20.8 Å². The summed E-state index contributed by atoms with van der Waals surface area (Å²) in [4.78, 5) is 7.09. The second-order valence-corrected chi connectivity index (χ2v) is 17.1. The van der Waals surface area contributed by atoms with E-state index in [1.54, 1.807) is 0 Å². The number of benzene rings is 6. The predicted octanol–water partition coefficient (Wildman–Crippen LogP) is 5.66. The van der Waals surface area contributed by atoms with Gasteiger partial charge in [-0.15, -0.1) is 0 Å². The minimum Gasteiger partial charge on any atom is -0.312 e. The van der Waals surface area contributed by atoms with Crippen LogP contribution in [0.4, 0.5) is 17.1 Å². The minimum absolute atomic E-state index is 0.127. The topological polar surface area (TPSA) is 16.1 Å². The molecule has 0 aliphatic carbocycles. The molecule has 0 amide bonds. The van der Waals surface area contributed by atoms with Crippen LogP contribution in [0.2, 0.25) is 0 Å². The van der Waals surface area contributed by atoms with Crippen molar-refractivity contribution in [3.63, 3.8) is 0 Å². The molecular weight excluding hydrogens is 595 g/mol. The SMILES string of the molecule is Cc1cc(C)c(B2c3ccccc3N3c4ccc(-c5cccnc5)cc4[Si](c4ccccc4)(c4ccccc4)c4cccc2c43)c(C)c1. The zero-order valence-electron chi connectivity index (χ0n) is 27.5. The summed E-state index contributed by atoms with van der Waals surface area (Å²) >= 11 is 0. The lowest BCUT2D eigenvalue weighted by Crippen LogP contribution is -2.78. The molecule has 3 heterocycles. The van der Waals surface area contributed by atoms with Crippen molar-refractivity contribution in [2.75, 3.05) is 4.90 Å². The molecule has 0 spiro atoms. The Morgan fingerprint density at radius 2 is 1.21 bits per heavy atom. The van der Waals surface area contributed by atoms with Gasteiger partial charge in [0, 0.05) is 29.5 Å². The molecule has 2 nitrogen and oxygen atoms in total. The predicted molar refractivity (Wildman–Crippen MR) is 207 cm³/mol. The Morgan fingerprint density at radius 1 is 0.542 bits per heavy atom. The van der Waals surface area contributed by atoms with E-state index in [0.29, 0.717) is 0 Å². The Hall–Kier alpha value is -5.45. The van der Waals surface area contributed by atoms with Crippen LogP contribution in [0, 0.1) is 20.8 Å². The van der Waals surface area contributed by atoms with Gasteiger partial charge in [0.1, 0.15) is 0 Å². The fourth-order valence-electron chi connectivity index (χ4n) is 8.83. The molecule has 7 aromatic rings. The number of hydrogen-bond acceptors (Lipinski definition) is 2. The summed E-state index contributed by atoms with van der Waals surface area (Å²) in [7, 11) is -2.85. The number of nitrogens with zero attached hydrogens (tertiary/aromatic N) is 2. The molecule has 0 fully saturated rings. The van der Waals surface area contributed by atoms with Gasteiger partial charge < -0.3 is 4.90 Å². The van der Waals surface area contributed by atoms with E-state index < -0.39 is 8.07 Å².